The number of pyridine rings is 2. The number of unbranched alkanes of at least 4 members (excludes halogenated alkanes) is 2. The molecule has 2 aromatic heterocycles. The van der Waals surface area contributed by atoms with Crippen molar-refractivity contribution in [1.82, 2.24) is 9.13 Å². The average molecular weight is 615 g/mol. The van der Waals surface area contributed by atoms with E-state index < -0.39 is 46.9 Å². The van der Waals surface area contributed by atoms with Crippen molar-refractivity contribution in [3.8, 4) is 0 Å². The number of nitrogens with zero attached hydrogens (tertiary/aromatic N) is 2. The van der Waals surface area contributed by atoms with Gasteiger partial charge in [-0.15, -0.1) is 0 Å². The van der Waals surface area contributed by atoms with Crippen molar-refractivity contribution >= 4 is 69.8 Å². The van der Waals surface area contributed by atoms with Crippen molar-refractivity contribution in [1.29, 1.82) is 0 Å². The van der Waals surface area contributed by atoms with E-state index in [1.807, 2.05) is 0 Å². The summed E-state index contributed by atoms with van der Waals surface area (Å²) in [6.07, 6.45) is 1.46. The highest BCUT2D eigenvalue weighted by molar-refractivity contribution is 7.86. The van der Waals surface area contributed by atoms with Gasteiger partial charge in [-0.1, -0.05) is 6.42 Å². The predicted octanol–water partition coefficient (Wildman–Crippen LogP) is 3.78. The molecule has 5 aromatic rings. The van der Waals surface area contributed by atoms with Gasteiger partial charge in [-0.05, 0) is 68.3 Å². The van der Waals surface area contributed by atoms with E-state index in [0.717, 1.165) is 12.1 Å². The fraction of sp³-hybridized carbons (Fsp3) is 0.250. The maximum absolute atomic E-state index is 13.8. The minimum absolute atomic E-state index is 0.0107. The van der Waals surface area contributed by atoms with E-state index in [9.17, 15) is 40.3 Å². The lowest BCUT2D eigenvalue weighted by molar-refractivity contribution is -0.137. The van der Waals surface area contributed by atoms with Crippen LogP contribution in [0.3, 0.4) is 0 Å². The van der Waals surface area contributed by atoms with Crippen LogP contribution in [-0.2, 0) is 38.1 Å². The maximum Gasteiger partial charge on any atom is 0.303 e. The molecule has 0 amide bonds. The summed E-state index contributed by atoms with van der Waals surface area (Å²) in [4.78, 5) is 37.5. The fourth-order valence-corrected chi connectivity index (χ4v) is 6.44. The van der Waals surface area contributed by atoms with Crippen LogP contribution in [0.4, 0.5) is 0 Å². The first-order valence-electron chi connectivity index (χ1n) is 13.0. The monoisotopic (exact) mass is 614 g/mol. The Morgan fingerprint density at radius 3 is 1.57 bits per heavy atom. The number of aryl methyl sites for hydroxylation is 2. The zero-order chi connectivity index (χ0) is 30.6. The summed E-state index contributed by atoms with van der Waals surface area (Å²) in [6.45, 7) is 2.44. The molecular weight excluding hydrogens is 588 g/mol. The molecule has 0 aliphatic carbocycles. The maximum atomic E-state index is 13.8. The summed E-state index contributed by atoms with van der Waals surface area (Å²) < 4.78 is 69.9. The van der Waals surface area contributed by atoms with Crippen LogP contribution < -0.4 is 10.9 Å². The van der Waals surface area contributed by atoms with E-state index in [4.69, 9.17) is 5.11 Å². The van der Waals surface area contributed by atoms with Gasteiger partial charge >= 0.3 is 5.97 Å². The molecule has 0 atom stereocenters. The molecule has 3 aromatic carbocycles. The minimum atomic E-state index is -4.61. The minimum Gasteiger partial charge on any atom is -0.481 e. The molecule has 0 bridgehead atoms. The van der Waals surface area contributed by atoms with Crippen LogP contribution in [-0.4, -0.2) is 46.2 Å². The highest BCUT2D eigenvalue weighted by Gasteiger charge is 2.20. The first-order chi connectivity index (χ1) is 19.7. The van der Waals surface area contributed by atoms with Crippen LogP contribution in [0.25, 0.3) is 43.6 Å². The Morgan fingerprint density at radius 1 is 0.667 bits per heavy atom. The lowest BCUT2D eigenvalue weighted by Gasteiger charge is -2.18. The Balaban J connectivity index is 1.87. The van der Waals surface area contributed by atoms with Crippen molar-refractivity contribution in [2.24, 2.45) is 0 Å². The zero-order valence-electron chi connectivity index (χ0n) is 22.3. The molecule has 2 heterocycles. The van der Waals surface area contributed by atoms with E-state index in [-0.39, 0.29) is 28.0 Å². The van der Waals surface area contributed by atoms with Crippen LogP contribution in [0, 0.1) is 0 Å². The lowest BCUT2D eigenvalue weighted by atomic mass is 10.0. The number of fused-ring (bicyclic) bond motifs is 4. The van der Waals surface area contributed by atoms with Gasteiger partial charge in [0.15, 0.2) is 10.9 Å². The largest absolute Gasteiger partial charge is 0.481 e. The van der Waals surface area contributed by atoms with E-state index in [0.29, 0.717) is 54.4 Å². The number of rotatable bonds is 9. The number of hydrogen-bond acceptors (Lipinski definition) is 7. The number of carboxylic acids is 1. The van der Waals surface area contributed by atoms with Crippen LogP contribution in [0.5, 0.6) is 0 Å². The SMILES string of the molecule is CCn1c2ccc(S(=O)(=O)O)cc2c(=O)c2cc3c(cc21)c(=O)c1cc(S(=O)(=O)O)ccc1n3CCCCCC(=O)O. The summed E-state index contributed by atoms with van der Waals surface area (Å²) in [5.41, 5.74) is 0.448. The van der Waals surface area contributed by atoms with Gasteiger partial charge < -0.3 is 14.2 Å². The molecule has 0 fully saturated rings. The van der Waals surface area contributed by atoms with Gasteiger partial charge in [0.1, 0.15) is 0 Å². The Bertz CT molecular complexity index is 2290. The number of carbonyl (C=O) groups is 1. The third kappa shape index (κ3) is 5.17. The molecular formula is C28H26N2O10S2. The molecule has 12 nitrogen and oxygen atoms in total. The zero-order valence-corrected chi connectivity index (χ0v) is 23.9. The van der Waals surface area contributed by atoms with Gasteiger partial charge in [0.25, 0.3) is 20.2 Å². The molecule has 220 valence electrons. The predicted molar refractivity (Wildman–Crippen MR) is 156 cm³/mol. The first kappa shape index (κ1) is 29.4. The Kier molecular flexibility index (Phi) is 7.43. The molecule has 0 aliphatic heterocycles. The van der Waals surface area contributed by atoms with Gasteiger partial charge in [-0.3, -0.25) is 23.5 Å². The fourth-order valence-electron chi connectivity index (χ4n) is 5.43. The summed E-state index contributed by atoms with van der Waals surface area (Å²) >= 11 is 0. The number of aliphatic carboxylic acids is 1. The Labute approximate surface area is 238 Å². The van der Waals surface area contributed by atoms with Crippen LogP contribution >= 0.6 is 0 Å². The van der Waals surface area contributed by atoms with Crippen molar-refractivity contribution < 1.29 is 35.8 Å². The van der Waals surface area contributed by atoms with E-state index in [1.54, 1.807) is 16.1 Å². The Hall–Kier alpha value is -4.11. The number of carboxylic acid groups (broad SMARTS) is 1. The van der Waals surface area contributed by atoms with Crippen molar-refractivity contribution in [2.45, 2.75) is 55.5 Å². The standard InChI is InChI=1S/C28H26N2O10S2/c1-2-29-22-9-7-16(41(35,36)37)12-18(22)27(33)20-15-25-21(14-24(20)29)28(34)19-13-17(42(38,39)40)8-10-23(19)30(25)11-5-3-4-6-26(31)32/h7-10,12-15H,2-6,11H2,1H3,(H,31,32)(H,35,36,37)(H,38,39,40). The third-order valence-electron chi connectivity index (χ3n) is 7.38. The molecule has 3 N–H and O–H groups in total. The van der Waals surface area contributed by atoms with Crippen LogP contribution in [0.15, 0.2) is 67.9 Å². The van der Waals surface area contributed by atoms with Gasteiger partial charge in [0.2, 0.25) is 0 Å². The number of hydrogen-bond donors (Lipinski definition) is 3. The molecule has 0 unspecified atom stereocenters. The second-order valence-electron chi connectivity index (χ2n) is 9.95. The van der Waals surface area contributed by atoms with Crippen molar-refractivity contribution in [3.05, 3.63) is 69.0 Å². The summed E-state index contributed by atoms with van der Waals surface area (Å²) in [5.74, 6) is -0.921. The van der Waals surface area contributed by atoms with Gasteiger partial charge in [0.05, 0.1) is 31.9 Å². The van der Waals surface area contributed by atoms with Gasteiger partial charge in [-0.2, -0.15) is 16.8 Å². The van der Waals surface area contributed by atoms with E-state index >= 15 is 0 Å². The third-order valence-corrected chi connectivity index (χ3v) is 9.08. The Morgan fingerprint density at radius 2 is 1.12 bits per heavy atom. The molecule has 0 aliphatic rings. The molecule has 5 rings (SSSR count). The topological polar surface area (TPSA) is 190 Å². The molecule has 0 radical (unpaired) electrons. The quantitative estimate of drug-likeness (QED) is 0.125. The second kappa shape index (κ2) is 10.6. The van der Waals surface area contributed by atoms with Gasteiger partial charge in [-0.25, -0.2) is 0 Å². The van der Waals surface area contributed by atoms with Crippen molar-refractivity contribution in [3.63, 3.8) is 0 Å². The average Bonchev–Trinajstić information content (AvgIpc) is 2.92. The summed E-state index contributed by atoms with van der Waals surface area (Å²) in [6, 6.07) is 10.4. The normalized spacial score (nSPS) is 12.5. The first-order valence-corrected chi connectivity index (χ1v) is 15.9. The number of aromatic nitrogens is 2. The van der Waals surface area contributed by atoms with E-state index in [2.05, 4.69) is 0 Å². The molecule has 42 heavy (non-hydrogen) atoms. The van der Waals surface area contributed by atoms with Crippen molar-refractivity contribution in [2.75, 3.05) is 0 Å². The van der Waals surface area contributed by atoms with E-state index in [1.165, 1.54) is 36.4 Å². The molecule has 14 heteroatoms. The van der Waals surface area contributed by atoms with Crippen LogP contribution in [0.2, 0.25) is 0 Å². The number of benzene rings is 3. The molecule has 0 saturated carbocycles. The smallest absolute Gasteiger partial charge is 0.303 e. The molecule has 0 spiro atoms. The second-order valence-corrected chi connectivity index (χ2v) is 12.8. The highest BCUT2D eigenvalue weighted by atomic mass is 32.2. The van der Waals surface area contributed by atoms with Crippen LogP contribution in [0.1, 0.15) is 32.6 Å². The lowest BCUT2D eigenvalue weighted by Crippen LogP contribution is -2.16. The summed E-state index contributed by atoms with van der Waals surface area (Å²) in [7, 11) is -9.19. The van der Waals surface area contributed by atoms with Gasteiger partial charge in [0, 0.05) is 41.1 Å². The summed E-state index contributed by atoms with van der Waals surface area (Å²) in [5, 5.41) is 9.42. The highest BCUT2D eigenvalue weighted by Crippen LogP contribution is 2.28. The molecule has 0 saturated heterocycles.